The molecule has 0 saturated carbocycles. The maximum Gasteiger partial charge on any atom is 0.264 e. The van der Waals surface area contributed by atoms with E-state index in [0.717, 1.165) is 4.31 Å². The van der Waals surface area contributed by atoms with Gasteiger partial charge < -0.3 is 14.6 Å². The number of sulfonamides is 1. The lowest BCUT2D eigenvalue weighted by molar-refractivity contribution is -0.146. The SMILES string of the molecule is CC(O)C#CCOc1ccc(S(=O)(=O)N2CC(C)OC(C)C2C(=O)NO)cc1. The summed E-state index contributed by atoms with van der Waals surface area (Å²) in [6, 6.07) is 4.49. The summed E-state index contributed by atoms with van der Waals surface area (Å²) < 4.78 is 38.1. The number of amides is 1. The Bertz CT molecular complexity index is 843. The summed E-state index contributed by atoms with van der Waals surface area (Å²) in [7, 11) is -4.02. The van der Waals surface area contributed by atoms with E-state index in [1.807, 2.05) is 0 Å². The highest BCUT2D eigenvalue weighted by Crippen LogP contribution is 2.27. The van der Waals surface area contributed by atoms with Gasteiger partial charge in [-0.25, -0.2) is 13.9 Å². The van der Waals surface area contributed by atoms with Crippen molar-refractivity contribution in [2.24, 2.45) is 0 Å². The van der Waals surface area contributed by atoms with Gasteiger partial charge in [0, 0.05) is 6.54 Å². The van der Waals surface area contributed by atoms with Crippen molar-refractivity contribution in [1.82, 2.24) is 9.79 Å². The number of hydrogen-bond acceptors (Lipinski definition) is 7. The van der Waals surface area contributed by atoms with Crippen LogP contribution >= 0.6 is 0 Å². The van der Waals surface area contributed by atoms with Crippen molar-refractivity contribution < 1.29 is 33.0 Å². The molecule has 10 heteroatoms. The van der Waals surface area contributed by atoms with Crippen LogP contribution < -0.4 is 10.2 Å². The molecule has 1 amide bonds. The zero-order chi connectivity index (χ0) is 20.9. The highest BCUT2D eigenvalue weighted by Gasteiger charge is 2.44. The Morgan fingerprint density at radius 2 is 2.04 bits per heavy atom. The fourth-order valence-electron chi connectivity index (χ4n) is 2.89. The van der Waals surface area contributed by atoms with Crippen LogP contribution in [0.25, 0.3) is 0 Å². The monoisotopic (exact) mass is 412 g/mol. The Morgan fingerprint density at radius 3 is 2.61 bits per heavy atom. The second-order valence-corrected chi connectivity index (χ2v) is 8.30. The molecule has 3 N–H and O–H groups in total. The van der Waals surface area contributed by atoms with E-state index in [1.54, 1.807) is 13.8 Å². The summed E-state index contributed by atoms with van der Waals surface area (Å²) in [5.74, 6) is 4.71. The van der Waals surface area contributed by atoms with Crippen molar-refractivity contribution in [3.8, 4) is 17.6 Å². The van der Waals surface area contributed by atoms with E-state index in [9.17, 15) is 13.2 Å². The standard InChI is InChI=1S/C18H24N2O7S/c1-12(21)5-4-10-26-15-6-8-16(9-7-15)28(24,25)20-11-13(2)27-14(3)17(20)18(22)19-23/h6-9,12-14,17,21,23H,10-11H2,1-3H3,(H,19,22). The molecule has 2 rings (SSSR count). The third-order valence-corrected chi connectivity index (χ3v) is 5.93. The highest BCUT2D eigenvalue weighted by molar-refractivity contribution is 7.89. The van der Waals surface area contributed by atoms with Crippen molar-refractivity contribution in [3.63, 3.8) is 0 Å². The molecule has 28 heavy (non-hydrogen) atoms. The fraction of sp³-hybridized carbons (Fsp3) is 0.500. The molecular formula is C18H24N2O7S. The fourth-order valence-corrected chi connectivity index (χ4v) is 4.62. The number of hydroxylamine groups is 1. The first-order valence-corrected chi connectivity index (χ1v) is 10.1. The van der Waals surface area contributed by atoms with Gasteiger partial charge in [-0.1, -0.05) is 11.8 Å². The summed E-state index contributed by atoms with van der Waals surface area (Å²) >= 11 is 0. The Labute approximate surface area is 164 Å². The topological polar surface area (TPSA) is 125 Å². The van der Waals surface area contributed by atoms with Crippen LogP contribution in [0.1, 0.15) is 20.8 Å². The van der Waals surface area contributed by atoms with Crippen molar-refractivity contribution in [1.29, 1.82) is 0 Å². The molecule has 0 radical (unpaired) electrons. The van der Waals surface area contributed by atoms with Crippen molar-refractivity contribution in [2.45, 2.75) is 50.0 Å². The van der Waals surface area contributed by atoms with E-state index in [0.29, 0.717) is 5.75 Å². The summed E-state index contributed by atoms with van der Waals surface area (Å²) in [6.07, 6.45) is -1.90. The summed E-state index contributed by atoms with van der Waals surface area (Å²) in [5, 5.41) is 18.0. The number of benzene rings is 1. The molecule has 1 aliphatic heterocycles. The van der Waals surface area contributed by atoms with E-state index in [4.69, 9.17) is 19.8 Å². The molecule has 1 fully saturated rings. The number of aliphatic hydroxyl groups excluding tert-OH is 1. The Kier molecular flexibility index (Phi) is 7.40. The summed E-state index contributed by atoms with van der Waals surface area (Å²) in [4.78, 5) is 12.0. The molecule has 0 aliphatic carbocycles. The maximum absolute atomic E-state index is 13.1. The van der Waals surface area contributed by atoms with Gasteiger partial charge in [0.1, 0.15) is 24.5 Å². The largest absolute Gasteiger partial charge is 0.481 e. The van der Waals surface area contributed by atoms with Crippen LogP contribution in [-0.4, -0.2) is 66.4 Å². The number of nitrogens with one attached hydrogen (secondary N) is 1. The average Bonchev–Trinajstić information content (AvgIpc) is 2.64. The van der Waals surface area contributed by atoms with Gasteiger partial charge >= 0.3 is 0 Å². The van der Waals surface area contributed by atoms with E-state index >= 15 is 0 Å². The lowest BCUT2D eigenvalue weighted by atomic mass is 10.1. The summed E-state index contributed by atoms with van der Waals surface area (Å²) in [6.45, 7) is 4.83. The van der Waals surface area contributed by atoms with Crippen LogP contribution in [0, 0.1) is 11.8 Å². The Balaban J connectivity index is 2.22. The molecule has 0 spiro atoms. The predicted octanol–water partition coefficient (Wildman–Crippen LogP) is 0.122. The average molecular weight is 412 g/mol. The normalized spacial score (nSPS) is 24.0. The van der Waals surface area contributed by atoms with Crippen molar-refractivity contribution in [2.75, 3.05) is 13.2 Å². The van der Waals surface area contributed by atoms with Crippen LogP contribution in [-0.2, 0) is 19.6 Å². The van der Waals surface area contributed by atoms with Crippen LogP contribution in [0.5, 0.6) is 5.75 Å². The van der Waals surface area contributed by atoms with Gasteiger partial charge in [-0.2, -0.15) is 4.31 Å². The first-order chi connectivity index (χ1) is 13.2. The number of carbonyl (C=O) groups excluding carboxylic acids is 1. The first-order valence-electron chi connectivity index (χ1n) is 8.67. The third-order valence-electron chi connectivity index (χ3n) is 4.07. The smallest absolute Gasteiger partial charge is 0.264 e. The number of morpholine rings is 1. The first kappa shape index (κ1) is 22.1. The molecule has 1 heterocycles. The van der Waals surface area contributed by atoms with Crippen molar-refractivity contribution in [3.05, 3.63) is 24.3 Å². The summed E-state index contributed by atoms with van der Waals surface area (Å²) in [5.41, 5.74) is 1.50. The van der Waals surface area contributed by atoms with Gasteiger partial charge in [0.25, 0.3) is 5.91 Å². The van der Waals surface area contributed by atoms with Crippen molar-refractivity contribution >= 4 is 15.9 Å². The maximum atomic E-state index is 13.1. The molecule has 1 aromatic carbocycles. The van der Waals surface area contributed by atoms with E-state index < -0.39 is 40.3 Å². The molecule has 9 nitrogen and oxygen atoms in total. The predicted molar refractivity (Wildman–Crippen MR) is 99.0 cm³/mol. The van der Waals surface area contributed by atoms with Gasteiger partial charge in [0.15, 0.2) is 0 Å². The number of hydrogen-bond donors (Lipinski definition) is 3. The number of ether oxygens (including phenoxy) is 2. The second-order valence-electron chi connectivity index (χ2n) is 6.40. The van der Waals surface area contributed by atoms with Crippen LogP contribution in [0.2, 0.25) is 0 Å². The molecular weight excluding hydrogens is 388 g/mol. The zero-order valence-corrected chi connectivity index (χ0v) is 16.6. The van der Waals surface area contributed by atoms with Crippen LogP contribution in [0.15, 0.2) is 29.2 Å². The van der Waals surface area contributed by atoms with Crippen LogP contribution in [0.3, 0.4) is 0 Å². The van der Waals surface area contributed by atoms with Gasteiger partial charge in [-0.05, 0) is 45.0 Å². The third kappa shape index (κ3) is 5.21. The number of rotatable bonds is 5. The van der Waals surface area contributed by atoms with Gasteiger partial charge in [0.05, 0.1) is 17.1 Å². The molecule has 0 bridgehead atoms. The molecule has 154 valence electrons. The second kappa shape index (κ2) is 9.36. The molecule has 0 aromatic heterocycles. The minimum Gasteiger partial charge on any atom is -0.481 e. The lowest BCUT2D eigenvalue weighted by Crippen LogP contribution is -2.60. The highest BCUT2D eigenvalue weighted by atomic mass is 32.2. The minimum atomic E-state index is -4.02. The molecule has 1 aliphatic rings. The molecule has 4 unspecified atom stereocenters. The lowest BCUT2D eigenvalue weighted by Gasteiger charge is -2.40. The molecule has 1 saturated heterocycles. The van der Waals surface area contributed by atoms with E-state index in [-0.39, 0.29) is 18.0 Å². The van der Waals surface area contributed by atoms with Gasteiger partial charge in [0.2, 0.25) is 10.0 Å². The van der Waals surface area contributed by atoms with E-state index in [2.05, 4.69) is 11.8 Å². The Morgan fingerprint density at radius 1 is 1.39 bits per heavy atom. The number of aliphatic hydroxyl groups is 1. The quantitative estimate of drug-likeness (QED) is 0.356. The Hall–Kier alpha value is -2.16. The van der Waals surface area contributed by atoms with Crippen LogP contribution in [0.4, 0.5) is 0 Å². The minimum absolute atomic E-state index is 0.0213. The van der Waals surface area contributed by atoms with Gasteiger partial charge in [-0.15, -0.1) is 0 Å². The van der Waals surface area contributed by atoms with E-state index in [1.165, 1.54) is 36.7 Å². The van der Waals surface area contributed by atoms with Gasteiger partial charge in [-0.3, -0.25) is 10.0 Å². The number of carbonyl (C=O) groups is 1. The zero-order valence-electron chi connectivity index (χ0n) is 15.8. The molecule has 1 aromatic rings. The molecule has 4 atom stereocenters. The number of nitrogens with zero attached hydrogens (tertiary/aromatic N) is 1.